The Labute approximate surface area is 95.2 Å². The highest BCUT2D eigenvalue weighted by Crippen LogP contribution is 2.39. The highest BCUT2D eigenvalue weighted by atomic mass is 16.5. The summed E-state index contributed by atoms with van der Waals surface area (Å²) in [5.74, 6) is -0.954. The van der Waals surface area contributed by atoms with Crippen LogP contribution in [0.5, 0.6) is 0 Å². The summed E-state index contributed by atoms with van der Waals surface area (Å²) in [6.07, 6.45) is 2.09. The fraction of sp³-hybridized carbons (Fsp3) is 0.818. The number of carbonyl (C=O) groups is 2. The summed E-state index contributed by atoms with van der Waals surface area (Å²) < 4.78 is 4.77. The Balaban J connectivity index is 2.34. The van der Waals surface area contributed by atoms with Crippen LogP contribution in [0, 0.1) is 5.92 Å². The van der Waals surface area contributed by atoms with Crippen LogP contribution in [0.1, 0.15) is 33.1 Å². The maximum absolute atomic E-state index is 11.1. The molecule has 1 unspecified atom stereocenters. The molecule has 0 aromatic carbocycles. The number of hydrogen-bond acceptors (Lipinski definition) is 4. The number of rotatable bonds is 7. The second-order valence-electron chi connectivity index (χ2n) is 4.26. The molecule has 0 aromatic rings. The predicted molar refractivity (Wildman–Crippen MR) is 58.0 cm³/mol. The maximum atomic E-state index is 11.1. The highest BCUT2D eigenvalue weighted by Gasteiger charge is 2.47. The lowest BCUT2D eigenvalue weighted by atomic mass is 9.96. The molecule has 16 heavy (non-hydrogen) atoms. The summed E-state index contributed by atoms with van der Waals surface area (Å²) in [5, 5.41) is 12.1. The van der Waals surface area contributed by atoms with E-state index in [2.05, 4.69) is 5.32 Å². The molecule has 0 bridgehead atoms. The van der Waals surface area contributed by atoms with Gasteiger partial charge in [-0.15, -0.1) is 0 Å². The lowest BCUT2D eigenvalue weighted by Crippen LogP contribution is -2.52. The Bertz CT molecular complexity index is 275. The number of carboxylic acid groups (broad SMARTS) is 1. The van der Waals surface area contributed by atoms with E-state index < -0.39 is 11.5 Å². The SMILES string of the molecule is CCOC(=O)CCNC(C)(C(=O)O)C1CC1. The third-order valence-corrected chi connectivity index (χ3v) is 2.96. The summed E-state index contributed by atoms with van der Waals surface area (Å²) in [4.78, 5) is 22.2. The quantitative estimate of drug-likeness (QED) is 0.631. The van der Waals surface area contributed by atoms with Crippen LogP contribution in [0.25, 0.3) is 0 Å². The lowest BCUT2D eigenvalue weighted by Gasteiger charge is -2.25. The van der Waals surface area contributed by atoms with Crippen LogP contribution >= 0.6 is 0 Å². The Hall–Kier alpha value is -1.10. The maximum Gasteiger partial charge on any atom is 0.323 e. The van der Waals surface area contributed by atoms with Crippen molar-refractivity contribution in [3.8, 4) is 0 Å². The number of carbonyl (C=O) groups excluding carboxylic acids is 1. The Morgan fingerprint density at radius 2 is 2.12 bits per heavy atom. The summed E-state index contributed by atoms with van der Waals surface area (Å²) in [5.41, 5.74) is -0.896. The monoisotopic (exact) mass is 229 g/mol. The molecule has 0 spiro atoms. The van der Waals surface area contributed by atoms with Crippen molar-refractivity contribution in [3.05, 3.63) is 0 Å². The highest BCUT2D eigenvalue weighted by molar-refractivity contribution is 5.79. The van der Waals surface area contributed by atoms with Crippen molar-refractivity contribution < 1.29 is 19.4 Å². The molecule has 1 rings (SSSR count). The lowest BCUT2D eigenvalue weighted by molar-refractivity contribution is -0.147. The first-order valence-electron chi connectivity index (χ1n) is 5.64. The second kappa shape index (κ2) is 5.30. The van der Waals surface area contributed by atoms with Gasteiger partial charge in [0.25, 0.3) is 0 Å². The Morgan fingerprint density at radius 1 is 1.50 bits per heavy atom. The van der Waals surface area contributed by atoms with E-state index in [9.17, 15) is 9.59 Å². The van der Waals surface area contributed by atoms with Crippen LogP contribution in [0.2, 0.25) is 0 Å². The van der Waals surface area contributed by atoms with E-state index in [0.29, 0.717) is 13.2 Å². The fourth-order valence-electron chi connectivity index (χ4n) is 1.71. The first-order chi connectivity index (χ1) is 7.50. The van der Waals surface area contributed by atoms with Crippen LogP contribution in [-0.4, -0.2) is 35.7 Å². The van der Waals surface area contributed by atoms with Gasteiger partial charge in [-0.1, -0.05) is 0 Å². The van der Waals surface area contributed by atoms with E-state index in [4.69, 9.17) is 9.84 Å². The normalized spacial score (nSPS) is 18.9. The van der Waals surface area contributed by atoms with Crippen LogP contribution in [0.15, 0.2) is 0 Å². The molecule has 0 aliphatic heterocycles. The van der Waals surface area contributed by atoms with Crippen molar-refractivity contribution in [3.63, 3.8) is 0 Å². The van der Waals surface area contributed by atoms with Gasteiger partial charge in [-0.25, -0.2) is 0 Å². The molecular formula is C11H19NO4. The molecule has 0 amide bonds. The molecule has 1 fully saturated rings. The van der Waals surface area contributed by atoms with Gasteiger partial charge in [-0.05, 0) is 32.6 Å². The zero-order valence-corrected chi connectivity index (χ0v) is 9.78. The van der Waals surface area contributed by atoms with Gasteiger partial charge in [0.05, 0.1) is 13.0 Å². The number of ether oxygens (including phenoxy) is 1. The average molecular weight is 229 g/mol. The van der Waals surface area contributed by atoms with Crippen molar-refractivity contribution in [2.45, 2.75) is 38.6 Å². The van der Waals surface area contributed by atoms with Crippen molar-refractivity contribution in [1.29, 1.82) is 0 Å². The van der Waals surface area contributed by atoms with Crippen LogP contribution in [0.4, 0.5) is 0 Å². The summed E-state index contributed by atoms with van der Waals surface area (Å²) >= 11 is 0. The number of esters is 1. The molecule has 5 nitrogen and oxygen atoms in total. The zero-order chi connectivity index (χ0) is 12.2. The molecule has 0 radical (unpaired) electrons. The number of hydrogen-bond donors (Lipinski definition) is 2. The van der Waals surface area contributed by atoms with Gasteiger partial charge in [0, 0.05) is 6.54 Å². The van der Waals surface area contributed by atoms with Crippen LogP contribution in [-0.2, 0) is 14.3 Å². The van der Waals surface area contributed by atoms with E-state index in [-0.39, 0.29) is 18.3 Å². The standard InChI is InChI=1S/C11H19NO4/c1-3-16-9(13)6-7-12-11(2,10(14)15)8-4-5-8/h8,12H,3-7H2,1-2H3,(H,14,15). The number of nitrogens with one attached hydrogen (secondary N) is 1. The number of carboxylic acids is 1. The molecule has 1 aliphatic carbocycles. The smallest absolute Gasteiger partial charge is 0.323 e. The van der Waals surface area contributed by atoms with Gasteiger partial charge in [0.1, 0.15) is 5.54 Å². The van der Waals surface area contributed by atoms with Gasteiger partial charge >= 0.3 is 11.9 Å². The molecule has 2 N–H and O–H groups in total. The Morgan fingerprint density at radius 3 is 2.56 bits per heavy atom. The molecule has 1 atom stereocenters. The third-order valence-electron chi connectivity index (χ3n) is 2.96. The fourth-order valence-corrected chi connectivity index (χ4v) is 1.71. The van der Waals surface area contributed by atoms with Gasteiger partial charge in [-0.3, -0.25) is 9.59 Å². The molecule has 1 aliphatic rings. The van der Waals surface area contributed by atoms with Crippen molar-refractivity contribution in [1.82, 2.24) is 5.32 Å². The first kappa shape index (κ1) is 13.0. The Kier molecular flexibility index (Phi) is 4.29. The second-order valence-corrected chi connectivity index (χ2v) is 4.26. The molecule has 0 heterocycles. The van der Waals surface area contributed by atoms with Gasteiger partial charge in [0.2, 0.25) is 0 Å². The van der Waals surface area contributed by atoms with Crippen molar-refractivity contribution in [2.24, 2.45) is 5.92 Å². The van der Waals surface area contributed by atoms with Crippen molar-refractivity contribution in [2.75, 3.05) is 13.2 Å². The minimum atomic E-state index is -0.896. The minimum absolute atomic E-state index is 0.187. The van der Waals surface area contributed by atoms with Crippen molar-refractivity contribution >= 4 is 11.9 Å². The molecule has 92 valence electrons. The van der Waals surface area contributed by atoms with E-state index in [0.717, 1.165) is 12.8 Å². The topological polar surface area (TPSA) is 75.6 Å². The summed E-state index contributed by atoms with van der Waals surface area (Å²) in [6, 6.07) is 0. The predicted octanol–water partition coefficient (Wildman–Crippen LogP) is 0.782. The molecule has 5 heteroatoms. The van der Waals surface area contributed by atoms with E-state index in [1.165, 1.54) is 0 Å². The molecule has 0 aromatic heterocycles. The van der Waals surface area contributed by atoms with Crippen LogP contribution < -0.4 is 5.32 Å². The van der Waals surface area contributed by atoms with Gasteiger partial charge < -0.3 is 15.2 Å². The van der Waals surface area contributed by atoms with E-state index in [1.54, 1.807) is 13.8 Å². The van der Waals surface area contributed by atoms with E-state index >= 15 is 0 Å². The average Bonchev–Trinajstić information content (AvgIpc) is 3.00. The van der Waals surface area contributed by atoms with Gasteiger partial charge in [-0.2, -0.15) is 0 Å². The zero-order valence-electron chi connectivity index (χ0n) is 9.78. The third kappa shape index (κ3) is 3.20. The summed E-state index contributed by atoms with van der Waals surface area (Å²) in [6.45, 7) is 4.13. The molecule has 1 saturated carbocycles. The summed E-state index contributed by atoms with van der Waals surface area (Å²) in [7, 11) is 0. The number of aliphatic carboxylic acids is 1. The largest absolute Gasteiger partial charge is 0.480 e. The molecular weight excluding hydrogens is 210 g/mol. The molecule has 0 saturated heterocycles. The van der Waals surface area contributed by atoms with E-state index in [1.807, 2.05) is 0 Å². The van der Waals surface area contributed by atoms with Crippen LogP contribution in [0.3, 0.4) is 0 Å². The van der Waals surface area contributed by atoms with Gasteiger partial charge in [0.15, 0.2) is 0 Å². The first-order valence-corrected chi connectivity index (χ1v) is 5.64. The minimum Gasteiger partial charge on any atom is -0.480 e.